The van der Waals surface area contributed by atoms with Crippen molar-refractivity contribution in [3.05, 3.63) is 0 Å². The fourth-order valence-electron chi connectivity index (χ4n) is 2.20. The van der Waals surface area contributed by atoms with Crippen molar-refractivity contribution >= 4 is 33.8 Å². The maximum Gasteiger partial charge on any atom is 0.500 e. The first kappa shape index (κ1) is 23.7. The van der Waals surface area contributed by atoms with Crippen LogP contribution < -0.4 is 0 Å². The lowest BCUT2D eigenvalue weighted by Crippen LogP contribution is -2.67. The Labute approximate surface area is 147 Å². The Balaban J connectivity index is 5.87. The highest BCUT2D eigenvalue weighted by molar-refractivity contribution is 6.90. The van der Waals surface area contributed by atoms with Crippen molar-refractivity contribution < 1.29 is 22.2 Å². The van der Waals surface area contributed by atoms with Gasteiger partial charge >= 0.3 is 8.80 Å². The van der Waals surface area contributed by atoms with Gasteiger partial charge in [0.05, 0.1) is 13.2 Å². The van der Waals surface area contributed by atoms with Crippen molar-refractivity contribution in [2.75, 3.05) is 13.2 Å². The minimum atomic E-state index is -3.02. The van der Waals surface area contributed by atoms with E-state index < -0.39 is 33.8 Å². The predicted molar refractivity (Wildman–Crippen MR) is 106 cm³/mol. The Kier molecular flexibility index (Phi) is 9.11. The molecule has 0 aromatic carbocycles. The zero-order valence-corrected chi connectivity index (χ0v) is 20.8. The molecule has 0 saturated heterocycles. The van der Waals surface area contributed by atoms with Crippen LogP contribution >= 0.6 is 0 Å². The zero-order chi connectivity index (χ0) is 18.5. The van der Waals surface area contributed by atoms with Crippen LogP contribution in [0.15, 0.2) is 0 Å². The summed E-state index contributed by atoms with van der Waals surface area (Å²) < 4.78 is 25.8. The first-order chi connectivity index (χ1) is 10.1. The maximum absolute atomic E-state index is 9.17. The molecule has 0 aromatic heterocycles. The molecular formula is C14H38O5Si4. The minimum Gasteiger partial charge on any atom is -0.415 e. The van der Waals surface area contributed by atoms with Crippen LogP contribution in [0.4, 0.5) is 0 Å². The quantitative estimate of drug-likeness (QED) is 0.536. The van der Waals surface area contributed by atoms with Crippen LogP contribution in [0.1, 0.15) is 13.3 Å². The summed E-state index contributed by atoms with van der Waals surface area (Å²) in [5.41, 5.74) is -0.222. The minimum absolute atomic E-state index is 0.00613. The number of ether oxygens (including phenoxy) is 1. The van der Waals surface area contributed by atoms with Gasteiger partial charge in [0.2, 0.25) is 0 Å². The molecule has 0 aliphatic rings. The molecule has 0 aromatic rings. The van der Waals surface area contributed by atoms with Crippen molar-refractivity contribution in [2.24, 2.45) is 0 Å². The first-order valence-electron chi connectivity index (χ1n) is 8.47. The molecule has 9 heteroatoms. The van der Waals surface area contributed by atoms with E-state index >= 15 is 0 Å². The van der Waals surface area contributed by atoms with Crippen molar-refractivity contribution in [2.45, 2.75) is 78.0 Å². The average Bonchev–Trinajstić information content (AvgIpc) is 2.21. The van der Waals surface area contributed by atoms with E-state index in [1.165, 1.54) is 0 Å². The van der Waals surface area contributed by atoms with Crippen molar-refractivity contribution in [1.82, 2.24) is 0 Å². The van der Waals surface area contributed by atoms with E-state index in [0.717, 1.165) is 6.42 Å². The van der Waals surface area contributed by atoms with E-state index in [4.69, 9.17) is 22.2 Å². The fourth-order valence-corrected chi connectivity index (χ4v) is 16.5. The van der Waals surface area contributed by atoms with Crippen molar-refractivity contribution in [1.29, 1.82) is 0 Å². The summed E-state index contributed by atoms with van der Waals surface area (Å²) in [4.78, 5) is 0. The number of hydrogen-bond acceptors (Lipinski definition) is 5. The highest BCUT2D eigenvalue weighted by Gasteiger charge is 2.56. The summed E-state index contributed by atoms with van der Waals surface area (Å²) in [6.45, 7) is 21.8. The molecule has 0 amide bonds. The van der Waals surface area contributed by atoms with Crippen molar-refractivity contribution in [3.63, 3.8) is 0 Å². The van der Waals surface area contributed by atoms with E-state index in [-0.39, 0.29) is 18.9 Å². The van der Waals surface area contributed by atoms with Crippen LogP contribution in [0.5, 0.6) is 0 Å². The van der Waals surface area contributed by atoms with Crippen LogP contribution in [-0.2, 0) is 17.1 Å². The van der Waals surface area contributed by atoms with Gasteiger partial charge in [-0.3, -0.25) is 0 Å². The molecule has 0 heterocycles. The molecule has 23 heavy (non-hydrogen) atoms. The monoisotopic (exact) mass is 398 g/mol. The third-order valence-corrected chi connectivity index (χ3v) is 14.6. The van der Waals surface area contributed by atoms with Gasteiger partial charge in [-0.15, -0.1) is 0 Å². The van der Waals surface area contributed by atoms with Gasteiger partial charge in [-0.1, -0.05) is 6.92 Å². The van der Waals surface area contributed by atoms with Crippen molar-refractivity contribution in [3.8, 4) is 0 Å². The Bertz CT molecular complexity index is 306. The van der Waals surface area contributed by atoms with Crippen LogP contribution in [0.3, 0.4) is 0 Å². The standard InChI is InChI=1S/C14H38O5Si4/c1-11-14(16-13-12-15)23(17-20(2,3)4,18-21(5,6)7)19-22(8,9)10/h14-15H,11-13H2,1-10H3. The predicted octanol–water partition coefficient (Wildman–Crippen LogP) is 3.81. The highest BCUT2D eigenvalue weighted by atomic mass is 28.5. The summed E-state index contributed by atoms with van der Waals surface area (Å²) in [5, 5.41) is 9.17. The lowest BCUT2D eigenvalue weighted by atomic mass is 10.5. The smallest absolute Gasteiger partial charge is 0.415 e. The molecule has 140 valence electrons. The number of rotatable bonds is 11. The van der Waals surface area contributed by atoms with Crippen LogP contribution in [-0.4, -0.2) is 57.8 Å². The lowest BCUT2D eigenvalue weighted by Gasteiger charge is -2.45. The fraction of sp³-hybridized carbons (Fsp3) is 1.00. The molecule has 1 atom stereocenters. The highest BCUT2D eigenvalue weighted by Crippen LogP contribution is 2.31. The molecule has 1 N–H and O–H groups in total. The summed E-state index contributed by atoms with van der Waals surface area (Å²) in [6.07, 6.45) is 0.756. The van der Waals surface area contributed by atoms with Gasteiger partial charge in [0.25, 0.3) is 0 Å². The molecule has 0 spiro atoms. The molecule has 5 nitrogen and oxygen atoms in total. The topological polar surface area (TPSA) is 57.2 Å². The Morgan fingerprint density at radius 2 is 1.09 bits per heavy atom. The third-order valence-electron chi connectivity index (χ3n) is 2.52. The second-order valence-electron chi connectivity index (χ2n) is 8.74. The maximum atomic E-state index is 9.17. The van der Waals surface area contributed by atoms with Gasteiger partial charge < -0.3 is 22.2 Å². The molecule has 0 bridgehead atoms. The Hall–Kier alpha value is 0.668. The van der Waals surface area contributed by atoms with Gasteiger partial charge in [0, 0.05) is 0 Å². The normalized spacial score (nSPS) is 15.8. The van der Waals surface area contributed by atoms with Gasteiger partial charge in [0.15, 0.2) is 25.0 Å². The lowest BCUT2D eigenvalue weighted by molar-refractivity contribution is 0.0282. The first-order valence-corrected chi connectivity index (χ1v) is 20.5. The molecule has 0 aliphatic carbocycles. The van der Waals surface area contributed by atoms with E-state index in [2.05, 4.69) is 65.8 Å². The third kappa shape index (κ3) is 10.3. The van der Waals surface area contributed by atoms with Crippen LogP contribution in [0, 0.1) is 0 Å². The zero-order valence-electron chi connectivity index (χ0n) is 16.8. The number of aliphatic hydroxyl groups is 1. The van der Waals surface area contributed by atoms with Crippen LogP contribution in [0.25, 0.3) is 0 Å². The Morgan fingerprint density at radius 1 is 0.739 bits per heavy atom. The second kappa shape index (κ2) is 8.85. The molecule has 0 saturated carbocycles. The van der Waals surface area contributed by atoms with Gasteiger partial charge in [-0.25, -0.2) is 0 Å². The summed E-state index contributed by atoms with van der Waals surface area (Å²) >= 11 is 0. The molecule has 0 fully saturated rings. The van der Waals surface area contributed by atoms with Gasteiger partial charge in [0.1, 0.15) is 5.73 Å². The second-order valence-corrected chi connectivity index (χ2v) is 25.7. The molecule has 0 radical (unpaired) electrons. The largest absolute Gasteiger partial charge is 0.500 e. The molecule has 1 unspecified atom stereocenters. The summed E-state index contributed by atoms with van der Waals surface area (Å²) in [7, 11) is -8.71. The SMILES string of the molecule is CCC(OCCO)[Si](O[Si](C)(C)C)(O[Si](C)(C)C)O[Si](C)(C)C. The average molecular weight is 399 g/mol. The molecule has 0 aliphatic heterocycles. The molecular weight excluding hydrogens is 360 g/mol. The van der Waals surface area contributed by atoms with E-state index in [1.807, 2.05) is 0 Å². The number of hydrogen-bond donors (Lipinski definition) is 1. The van der Waals surface area contributed by atoms with Crippen LogP contribution in [0.2, 0.25) is 58.9 Å². The van der Waals surface area contributed by atoms with E-state index in [1.54, 1.807) is 0 Å². The molecule has 0 rings (SSSR count). The summed E-state index contributed by atoms with van der Waals surface area (Å²) in [5.74, 6) is 0. The summed E-state index contributed by atoms with van der Waals surface area (Å²) in [6, 6.07) is 0. The van der Waals surface area contributed by atoms with E-state index in [9.17, 15) is 0 Å². The Morgan fingerprint density at radius 3 is 1.30 bits per heavy atom. The van der Waals surface area contributed by atoms with Gasteiger partial charge in [-0.2, -0.15) is 0 Å². The number of aliphatic hydroxyl groups excluding tert-OH is 1. The van der Waals surface area contributed by atoms with E-state index in [0.29, 0.717) is 0 Å². The van der Waals surface area contributed by atoms with Gasteiger partial charge in [-0.05, 0) is 65.3 Å².